The van der Waals surface area contributed by atoms with E-state index in [4.69, 9.17) is 5.26 Å². The standard InChI is InChI=1S/C13H18N2S/c1-11(2)16-13-6-4-12(5-7-13)10-15-9-3-8-14/h4-7,11,15H,3,9-10H2,1-2H3. The van der Waals surface area contributed by atoms with Crippen molar-refractivity contribution in [3.05, 3.63) is 29.8 Å². The van der Waals surface area contributed by atoms with Crippen LogP contribution in [0.5, 0.6) is 0 Å². The number of hydrogen-bond acceptors (Lipinski definition) is 3. The predicted molar refractivity (Wildman–Crippen MR) is 69.4 cm³/mol. The van der Waals surface area contributed by atoms with Crippen molar-refractivity contribution < 1.29 is 0 Å². The molecule has 16 heavy (non-hydrogen) atoms. The summed E-state index contributed by atoms with van der Waals surface area (Å²) in [4.78, 5) is 1.32. The van der Waals surface area contributed by atoms with Gasteiger partial charge in [-0.05, 0) is 17.7 Å². The summed E-state index contributed by atoms with van der Waals surface area (Å²) in [7, 11) is 0. The Hall–Kier alpha value is -0.980. The summed E-state index contributed by atoms with van der Waals surface area (Å²) in [5.41, 5.74) is 1.27. The van der Waals surface area contributed by atoms with E-state index in [1.54, 1.807) is 0 Å². The summed E-state index contributed by atoms with van der Waals surface area (Å²) >= 11 is 1.88. The zero-order valence-corrected chi connectivity index (χ0v) is 10.7. The highest BCUT2D eigenvalue weighted by Crippen LogP contribution is 2.22. The minimum absolute atomic E-state index is 0.571. The van der Waals surface area contributed by atoms with Crippen LogP contribution in [0.3, 0.4) is 0 Å². The molecule has 0 saturated heterocycles. The largest absolute Gasteiger partial charge is 0.312 e. The zero-order chi connectivity index (χ0) is 11.8. The van der Waals surface area contributed by atoms with Gasteiger partial charge in [-0.1, -0.05) is 26.0 Å². The van der Waals surface area contributed by atoms with Crippen LogP contribution in [0.1, 0.15) is 25.8 Å². The Bertz CT molecular complexity index is 338. The van der Waals surface area contributed by atoms with Crippen LogP contribution in [0, 0.1) is 11.3 Å². The molecule has 0 saturated carbocycles. The van der Waals surface area contributed by atoms with Crippen molar-refractivity contribution in [2.75, 3.05) is 6.54 Å². The molecule has 0 aliphatic heterocycles. The number of rotatable bonds is 6. The van der Waals surface area contributed by atoms with Crippen LogP contribution in [0.4, 0.5) is 0 Å². The van der Waals surface area contributed by atoms with Crippen molar-refractivity contribution in [1.82, 2.24) is 5.32 Å². The van der Waals surface area contributed by atoms with E-state index in [1.807, 2.05) is 11.8 Å². The van der Waals surface area contributed by atoms with E-state index < -0.39 is 0 Å². The van der Waals surface area contributed by atoms with E-state index in [9.17, 15) is 0 Å². The highest BCUT2D eigenvalue weighted by atomic mass is 32.2. The van der Waals surface area contributed by atoms with Gasteiger partial charge in [-0.25, -0.2) is 0 Å². The third-order valence-electron chi connectivity index (χ3n) is 2.04. The topological polar surface area (TPSA) is 35.8 Å². The van der Waals surface area contributed by atoms with Crippen molar-refractivity contribution in [2.24, 2.45) is 0 Å². The summed E-state index contributed by atoms with van der Waals surface area (Å²) in [5.74, 6) is 0. The van der Waals surface area contributed by atoms with E-state index in [1.165, 1.54) is 10.5 Å². The molecule has 2 nitrogen and oxygen atoms in total. The van der Waals surface area contributed by atoms with Crippen molar-refractivity contribution in [3.63, 3.8) is 0 Å². The van der Waals surface area contributed by atoms with E-state index in [0.717, 1.165) is 13.1 Å². The van der Waals surface area contributed by atoms with Crippen LogP contribution in [0.15, 0.2) is 29.2 Å². The molecule has 1 aromatic rings. The molecule has 0 amide bonds. The number of nitrogens with one attached hydrogen (secondary N) is 1. The van der Waals surface area contributed by atoms with Crippen LogP contribution in [-0.2, 0) is 6.54 Å². The molecule has 0 aliphatic carbocycles. The Morgan fingerprint density at radius 1 is 1.31 bits per heavy atom. The summed E-state index contributed by atoms with van der Waals surface area (Å²) in [6.07, 6.45) is 0.571. The molecule has 0 fully saturated rings. The maximum atomic E-state index is 8.39. The molecule has 0 radical (unpaired) electrons. The zero-order valence-electron chi connectivity index (χ0n) is 9.86. The first-order chi connectivity index (χ1) is 7.72. The second-order valence-electron chi connectivity index (χ2n) is 3.90. The third-order valence-corrected chi connectivity index (χ3v) is 3.05. The Morgan fingerprint density at radius 2 is 2.00 bits per heavy atom. The van der Waals surface area contributed by atoms with Crippen molar-refractivity contribution >= 4 is 11.8 Å². The normalized spacial score (nSPS) is 10.4. The Kier molecular flexibility index (Phi) is 5.99. The fourth-order valence-corrected chi connectivity index (χ4v) is 2.17. The first kappa shape index (κ1) is 13.1. The quantitative estimate of drug-likeness (QED) is 0.606. The minimum Gasteiger partial charge on any atom is -0.312 e. The predicted octanol–water partition coefficient (Wildman–Crippen LogP) is 3.19. The average Bonchev–Trinajstić information content (AvgIpc) is 2.26. The first-order valence-electron chi connectivity index (χ1n) is 5.55. The number of thioether (sulfide) groups is 1. The van der Waals surface area contributed by atoms with E-state index in [-0.39, 0.29) is 0 Å². The molecule has 1 N–H and O–H groups in total. The lowest BCUT2D eigenvalue weighted by Crippen LogP contribution is -2.13. The number of benzene rings is 1. The van der Waals surface area contributed by atoms with Gasteiger partial charge in [0.05, 0.1) is 6.07 Å². The van der Waals surface area contributed by atoms with Gasteiger partial charge in [-0.2, -0.15) is 5.26 Å². The maximum Gasteiger partial charge on any atom is 0.0635 e. The highest BCUT2D eigenvalue weighted by molar-refractivity contribution is 7.99. The van der Waals surface area contributed by atoms with E-state index >= 15 is 0 Å². The molecule has 0 heterocycles. The SMILES string of the molecule is CC(C)Sc1ccc(CNCCC#N)cc1. The Labute approximate surface area is 102 Å². The van der Waals surface area contributed by atoms with Gasteiger partial charge in [0.1, 0.15) is 0 Å². The van der Waals surface area contributed by atoms with Gasteiger partial charge < -0.3 is 5.32 Å². The maximum absolute atomic E-state index is 8.39. The lowest BCUT2D eigenvalue weighted by Gasteiger charge is -2.06. The Morgan fingerprint density at radius 3 is 2.56 bits per heavy atom. The van der Waals surface area contributed by atoms with Gasteiger partial charge in [-0.15, -0.1) is 11.8 Å². The summed E-state index contributed by atoms with van der Waals surface area (Å²) in [6.45, 7) is 6.00. The van der Waals surface area contributed by atoms with Crippen molar-refractivity contribution in [3.8, 4) is 6.07 Å². The van der Waals surface area contributed by atoms with Gasteiger partial charge in [-0.3, -0.25) is 0 Å². The van der Waals surface area contributed by atoms with Crippen LogP contribution >= 0.6 is 11.8 Å². The molecule has 0 aromatic heterocycles. The Balaban J connectivity index is 2.37. The van der Waals surface area contributed by atoms with Gasteiger partial charge in [0.25, 0.3) is 0 Å². The first-order valence-corrected chi connectivity index (χ1v) is 6.43. The lowest BCUT2D eigenvalue weighted by molar-refractivity contribution is 0.698. The summed E-state index contributed by atoms with van der Waals surface area (Å²) in [5, 5.41) is 12.2. The molecule has 1 aromatic carbocycles. The van der Waals surface area contributed by atoms with Gasteiger partial charge in [0.2, 0.25) is 0 Å². The molecule has 0 atom stereocenters. The van der Waals surface area contributed by atoms with Crippen LogP contribution < -0.4 is 5.32 Å². The molecule has 0 bridgehead atoms. The highest BCUT2D eigenvalue weighted by Gasteiger charge is 1.98. The molecule has 0 aliphatic rings. The smallest absolute Gasteiger partial charge is 0.0635 e. The summed E-state index contributed by atoms with van der Waals surface area (Å²) < 4.78 is 0. The fourth-order valence-electron chi connectivity index (χ4n) is 1.34. The third kappa shape index (κ3) is 5.20. The molecule has 0 unspecified atom stereocenters. The number of nitrogens with zero attached hydrogens (tertiary/aromatic N) is 1. The van der Waals surface area contributed by atoms with Crippen LogP contribution in [-0.4, -0.2) is 11.8 Å². The van der Waals surface area contributed by atoms with Gasteiger partial charge >= 0.3 is 0 Å². The van der Waals surface area contributed by atoms with Crippen molar-refractivity contribution in [1.29, 1.82) is 5.26 Å². The lowest BCUT2D eigenvalue weighted by atomic mass is 10.2. The molecule has 1 rings (SSSR count). The monoisotopic (exact) mass is 234 g/mol. The average molecular weight is 234 g/mol. The number of nitriles is 1. The van der Waals surface area contributed by atoms with Gasteiger partial charge in [0, 0.05) is 29.7 Å². The molecule has 3 heteroatoms. The molecule has 86 valence electrons. The second-order valence-corrected chi connectivity index (χ2v) is 5.55. The molecular weight excluding hydrogens is 216 g/mol. The van der Waals surface area contributed by atoms with E-state index in [2.05, 4.69) is 49.5 Å². The number of hydrogen-bond donors (Lipinski definition) is 1. The van der Waals surface area contributed by atoms with Gasteiger partial charge in [0.15, 0.2) is 0 Å². The fraction of sp³-hybridized carbons (Fsp3) is 0.462. The van der Waals surface area contributed by atoms with Crippen molar-refractivity contribution in [2.45, 2.75) is 37.0 Å². The van der Waals surface area contributed by atoms with Crippen LogP contribution in [0.2, 0.25) is 0 Å². The van der Waals surface area contributed by atoms with Crippen LogP contribution in [0.25, 0.3) is 0 Å². The second kappa shape index (κ2) is 7.32. The summed E-state index contributed by atoms with van der Waals surface area (Å²) in [6, 6.07) is 10.7. The minimum atomic E-state index is 0.571. The van der Waals surface area contributed by atoms with E-state index in [0.29, 0.717) is 11.7 Å². The molecule has 0 spiro atoms. The molecular formula is C13H18N2S.